The van der Waals surface area contributed by atoms with Gasteiger partial charge in [-0.2, -0.15) is 0 Å². The molecule has 0 spiro atoms. The van der Waals surface area contributed by atoms with Gasteiger partial charge >= 0.3 is 5.97 Å². The molecule has 0 radical (unpaired) electrons. The van der Waals surface area contributed by atoms with Crippen LogP contribution in [0.4, 0.5) is 0 Å². The van der Waals surface area contributed by atoms with Gasteiger partial charge in [0.1, 0.15) is 6.04 Å². The highest BCUT2D eigenvalue weighted by Gasteiger charge is 2.37. The van der Waals surface area contributed by atoms with Crippen LogP contribution >= 0.6 is 0 Å². The zero-order valence-electron chi connectivity index (χ0n) is 10.9. The van der Waals surface area contributed by atoms with Gasteiger partial charge in [0, 0.05) is 5.54 Å². The molecule has 1 saturated carbocycles. The standard InChI is InChI=1S/C12H22N2O3/c1-7(10(15)14-12(2,3)4)13-9(11(16)17)8-5-6-8/h7-9,13H,5-6H2,1-4H3,(H,14,15)(H,16,17). The van der Waals surface area contributed by atoms with Gasteiger partial charge in [0.25, 0.3) is 0 Å². The van der Waals surface area contributed by atoms with Crippen LogP contribution in [0.2, 0.25) is 0 Å². The van der Waals surface area contributed by atoms with Crippen molar-refractivity contribution < 1.29 is 14.7 Å². The summed E-state index contributed by atoms with van der Waals surface area (Å²) in [6.45, 7) is 7.38. The van der Waals surface area contributed by atoms with Gasteiger partial charge in [-0.1, -0.05) is 0 Å². The van der Waals surface area contributed by atoms with Crippen molar-refractivity contribution in [3.8, 4) is 0 Å². The van der Waals surface area contributed by atoms with Gasteiger partial charge in [0.15, 0.2) is 0 Å². The van der Waals surface area contributed by atoms with Crippen LogP contribution in [0.15, 0.2) is 0 Å². The number of hydrogen-bond acceptors (Lipinski definition) is 3. The highest BCUT2D eigenvalue weighted by atomic mass is 16.4. The van der Waals surface area contributed by atoms with Gasteiger partial charge in [-0.25, -0.2) is 0 Å². The summed E-state index contributed by atoms with van der Waals surface area (Å²) in [5, 5.41) is 14.8. The lowest BCUT2D eigenvalue weighted by atomic mass is 10.1. The average molecular weight is 242 g/mol. The van der Waals surface area contributed by atoms with Gasteiger partial charge in [-0.3, -0.25) is 14.9 Å². The summed E-state index contributed by atoms with van der Waals surface area (Å²) in [4.78, 5) is 22.8. The summed E-state index contributed by atoms with van der Waals surface area (Å²) in [7, 11) is 0. The minimum Gasteiger partial charge on any atom is -0.480 e. The highest BCUT2D eigenvalue weighted by Crippen LogP contribution is 2.32. The maximum atomic E-state index is 11.8. The van der Waals surface area contributed by atoms with Crippen LogP contribution < -0.4 is 10.6 Å². The van der Waals surface area contributed by atoms with E-state index in [1.54, 1.807) is 6.92 Å². The molecule has 1 amide bonds. The molecule has 3 N–H and O–H groups in total. The number of nitrogens with one attached hydrogen (secondary N) is 2. The largest absolute Gasteiger partial charge is 0.480 e. The van der Waals surface area contributed by atoms with Crippen molar-refractivity contribution in [1.29, 1.82) is 0 Å². The number of aliphatic carboxylic acids is 1. The van der Waals surface area contributed by atoms with Crippen LogP contribution in [0, 0.1) is 5.92 Å². The lowest BCUT2D eigenvalue weighted by Gasteiger charge is -2.25. The Morgan fingerprint density at radius 2 is 1.82 bits per heavy atom. The third-order valence-electron chi connectivity index (χ3n) is 2.68. The summed E-state index contributed by atoms with van der Waals surface area (Å²) in [6.07, 6.45) is 1.86. The lowest BCUT2D eigenvalue weighted by molar-refractivity contribution is -0.140. The lowest BCUT2D eigenvalue weighted by Crippen LogP contribution is -2.53. The molecule has 1 aliphatic rings. The predicted molar refractivity (Wildman–Crippen MR) is 64.6 cm³/mol. The Bertz CT molecular complexity index is 305. The second-order valence-electron chi connectivity index (χ2n) is 5.78. The number of rotatable bonds is 5. The van der Waals surface area contributed by atoms with Crippen molar-refractivity contribution in [2.24, 2.45) is 5.92 Å². The summed E-state index contributed by atoms with van der Waals surface area (Å²) < 4.78 is 0. The molecule has 5 nitrogen and oxygen atoms in total. The molecule has 0 aromatic carbocycles. The molecule has 5 heteroatoms. The molecule has 0 bridgehead atoms. The Balaban J connectivity index is 2.49. The third-order valence-corrected chi connectivity index (χ3v) is 2.68. The monoisotopic (exact) mass is 242 g/mol. The maximum absolute atomic E-state index is 11.8. The minimum atomic E-state index is -0.872. The van der Waals surface area contributed by atoms with Crippen LogP contribution in [0.5, 0.6) is 0 Å². The quantitative estimate of drug-likeness (QED) is 0.664. The average Bonchev–Trinajstić information content (AvgIpc) is 2.93. The van der Waals surface area contributed by atoms with Crippen molar-refractivity contribution in [1.82, 2.24) is 10.6 Å². The molecule has 0 aromatic heterocycles. The van der Waals surface area contributed by atoms with Crippen LogP contribution in [-0.2, 0) is 9.59 Å². The van der Waals surface area contributed by atoms with Gasteiger partial charge in [-0.05, 0) is 46.5 Å². The van der Waals surface area contributed by atoms with E-state index >= 15 is 0 Å². The molecule has 1 fully saturated rings. The smallest absolute Gasteiger partial charge is 0.321 e. The minimum absolute atomic E-state index is 0.163. The molecule has 2 atom stereocenters. The number of hydrogen-bond donors (Lipinski definition) is 3. The Morgan fingerprint density at radius 3 is 2.18 bits per heavy atom. The Hall–Kier alpha value is -1.10. The molecule has 0 aromatic rings. The third kappa shape index (κ3) is 4.73. The van der Waals surface area contributed by atoms with E-state index in [0.717, 1.165) is 12.8 Å². The van der Waals surface area contributed by atoms with E-state index in [9.17, 15) is 9.59 Å². The number of amides is 1. The molecule has 0 saturated heterocycles. The van der Waals surface area contributed by atoms with Gasteiger partial charge < -0.3 is 10.4 Å². The summed E-state index contributed by atoms with van der Waals surface area (Å²) in [5.41, 5.74) is -0.300. The first kappa shape index (κ1) is 14.0. The van der Waals surface area contributed by atoms with Crippen molar-refractivity contribution in [2.45, 2.75) is 58.2 Å². The van der Waals surface area contributed by atoms with Crippen molar-refractivity contribution in [3.63, 3.8) is 0 Å². The van der Waals surface area contributed by atoms with E-state index in [2.05, 4.69) is 10.6 Å². The zero-order valence-corrected chi connectivity index (χ0v) is 10.9. The van der Waals surface area contributed by atoms with E-state index < -0.39 is 18.1 Å². The molecule has 0 heterocycles. The second kappa shape index (κ2) is 5.04. The second-order valence-corrected chi connectivity index (χ2v) is 5.78. The van der Waals surface area contributed by atoms with Crippen LogP contribution in [0.1, 0.15) is 40.5 Å². The zero-order chi connectivity index (χ0) is 13.2. The summed E-state index contributed by atoms with van der Waals surface area (Å²) >= 11 is 0. The fraction of sp³-hybridized carbons (Fsp3) is 0.833. The fourth-order valence-corrected chi connectivity index (χ4v) is 1.66. The molecule has 0 aliphatic heterocycles. The van der Waals surface area contributed by atoms with Crippen molar-refractivity contribution in [2.75, 3.05) is 0 Å². The molecule has 98 valence electrons. The first-order valence-corrected chi connectivity index (χ1v) is 6.01. The Morgan fingerprint density at radius 1 is 1.29 bits per heavy atom. The van der Waals surface area contributed by atoms with Crippen LogP contribution in [0.25, 0.3) is 0 Å². The highest BCUT2D eigenvalue weighted by molar-refractivity contribution is 5.83. The molecular formula is C12H22N2O3. The molecule has 17 heavy (non-hydrogen) atoms. The van der Waals surface area contributed by atoms with E-state index in [-0.39, 0.29) is 17.4 Å². The van der Waals surface area contributed by atoms with Gasteiger partial charge in [0.2, 0.25) is 5.91 Å². The molecule has 1 aliphatic carbocycles. The van der Waals surface area contributed by atoms with Gasteiger partial charge in [0.05, 0.1) is 6.04 Å². The first-order chi connectivity index (χ1) is 7.70. The van der Waals surface area contributed by atoms with Crippen LogP contribution in [-0.4, -0.2) is 34.6 Å². The summed E-state index contributed by atoms with van der Waals surface area (Å²) in [5.74, 6) is -0.857. The predicted octanol–water partition coefficient (Wildman–Crippen LogP) is 0.742. The van der Waals surface area contributed by atoms with Gasteiger partial charge in [-0.15, -0.1) is 0 Å². The number of carbonyl (C=O) groups excluding carboxylic acids is 1. The van der Waals surface area contributed by atoms with Crippen molar-refractivity contribution >= 4 is 11.9 Å². The van der Waals surface area contributed by atoms with E-state index in [4.69, 9.17) is 5.11 Å². The van der Waals surface area contributed by atoms with E-state index in [1.165, 1.54) is 0 Å². The molecular weight excluding hydrogens is 220 g/mol. The van der Waals surface area contributed by atoms with E-state index in [0.29, 0.717) is 0 Å². The topological polar surface area (TPSA) is 78.4 Å². The number of carboxylic acid groups (broad SMARTS) is 1. The van der Waals surface area contributed by atoms with Crippen molar-refractivity contribution in [3.05, 3.63) is 0 Å². The molecule has 2 unspecified atom stereocenters. The fourth-order valence-electron chi connectivity index (χ4n) is 1.66. The SMILES string of the molecule is CC(NC(C(=O)O)C1CC1)C(=O)NC(C)(C)C. The van der Waals surface area contributed by atoms with Crippen LogP contribution in [0.3, 0.4) is 0 Å². The maximum Gasteiger partial charge on any atom is 0.321 e. The number of carbonyl (C=O) groups is 2. The summed E-state index contributed by atoms with van der Waals surface area (Å²) in [6, 6.07) is -1.09. The number of carboxylic acids is 1. The Kier molecular flexibility index (Phi) is 4.14. The normalized spacial score (nSPS) is 19.5. The Labute approximate surface area is 102 Å². The first-order valence-electron chi connectivity index (χ1n) is 6.01. The van der Waals surface area contributed by atoms with E-state index in [1.807, 2.05) is 20.8 Å². The molecule has 1 rings (SSSR count).